The molecule has 10 nitrogen and oxygen atoms in total. The molecule has 3 aliphatic rings. The number of piperazine rings is 1. The molecular formula is C38H41ClF6N4O6. The minimum atomic E-state index is -5.08. The van der Waals surface area contributed by atoms with Gasteiger partial charge in [0.25, 0.3) is 5.91 Å². The van der Waals surface area contributed by atoms with Gasteiger partial charge in [-0.3, -0.25) is 14.5 Å². The quantitative estimate of drug-likeness (QED) is 0.225. The molecule has 1 saturated heterocycles. The molecule has 3 aromatic rings. The molecule has 2 amide bonds. The van der Waals surface area contributed by atoms with Crippen molar-refractivity contribution in [2.45, 2.75) is 70.1 Å². The maximum absolute atomic E-state index is 13.6. The van der Waals surface area contributed by atoms with Gasteiger partial charge in [0.1, 0.15) is 6.54 Å². The smallest absolute Gasteiger partial charge is 0.475 e. The molecule has 3 aromatic carbocycles. The molecule has 2 fully saturated rings. The Bertz CT molecular complexity index is 1740. The van der Waals surface area contributed by atoms with Gasteiger partial charge in [0.05, 0.1) is 6.54 Å². The SMILES string of the molecule is O=C(O)C(F)(F)F.O=C(O)C(F)(F)F.O=C(c1ccc(Cl)cc1)N1CC(=O)N(Cc2ccc(CN3CCNCC3C3CCCCC3)cc2)c2ccccc2C1. The second-order valence-corrected chi connectivity index (χ2v) is 13.8. The zero-order chi connectivity index (χ0) is 40.3. The molecule has 0 spiro atoms. The monoisotopic (exact) mass is 798 g/mol. The Morgan fingerprint density at radius 1 is 0.764 bits per heavy atom. The van der Waals surface area contributed by atoms with Crippen LogP contribution in [0.25, 0.3) is 0 Å². The lowest BCUT2D eigenvalue weighted by Crippen LogP contribution is -2.54. The van der Waals surface area contributed by atoms with E-state index in [-0.39, 0.29) is 18.4 Å². The Labute approximate surface area is 318 Å². The summed E-state index contributed by atoms with van der Waals surface area (Å²) in [5.74, 6) is -4.97. The van der Waals surface area contributed by atoms with Crippen LogP contribution in [0.1, 0.15) is 59.2 Å². The molecule has 1 atom stereocenters. The van der Waals surface area contributed by atoms with E-state index in [1.807, 2.05) is 29.2 Å². The molecule has 1 unspecified atom stereocenters. The van der Waals surface area contributed by atoms with E-state index in [0.717, 1.165) is 48.9 Å². The Hall–Kier alpha value is -4.67. The van der Waals surface area contributed by atoms with Crippen LogP contribution in [0.3, 0.4) is 0 Å². The number of benzene rings is 3. The fraction of sp³-hybridized carbons (Fsp3) is 0.421. The third-order valence-electron chi connectivity index (χ3n) is 9.48. The first-order valence-electron chi connectivity index (χ1n) is 17.5. The van der Waals surface area contributed by atoms with Crippen LogP contribution in [0.4, 0.5) is 32.0 Å². The Balaban J connectivity index is 0.000000410. The van der Waals surface area contributed by atoms with Crippen LogP contribution in [-0.4, -0.2) is 88.3 Å². The summed E-state index contributed by atoms with van der Waals surface area (Å²) < 4.78 is 63.5. The highest BCUT2D eigenvalue weighted by atomic mass is 35.5. The second kappa shape index (κ2) is 19.3. The van der Waals surface area contributed by atoms with Crippen molar-refractivity contribution >= 4 is 41.0 Å². The zero-order valence-corrected chi connectivity index (χ0v) is 30.3. The van der Waals surface area contributed by atoms with Crippen molar-refractivity contribution in [3.05, 3.63) is 100 Å². The van der Waals surface area contributed by atoms with Gasteiger partial charge in [-0.1, -0.05) is 73.3 Å². The normalized spacial score (nSPS) is 18.2. The summed E-state index contributed by atoms with van der Waals surface area (Å²) in [4.78, 5) is 50.8. The fourth-order valence-corrected chi connectivity index (χ4v) is 6.89. The first-order chi connectivity index (χ1) is 25.9. The molecule has 3 N–H and O–H groups in total. The van der Waals surface area contributed by atoms with Crippen molar-refractivity contribution in [2.24, 2.45) is 5.92 Å². The van der Waals surface area contributed by atoms with Crippen LogP contribution in [0.5, 0.6) is 0 Å². The molecule has 298 valence electrons. The first-order valence-corrected chi connectivity index (χ1v) is 17.9. The summed E-state index contributed by atoms with van der Waals surface area (Å²) in [6, 6.07) is 24.1. The number of carboxylic acids is 2. The summed E-state index contributed by atoms with van der Waals surface area (Å²) in [7, 11) is 0. The number of alkyl halides is 6. The summed E-state index contributed by atoms with van der Waals surface area (Å²) in [5.41, 5.74) is 4.75. The number of aliphatic carboxylic acids is 2. The predicted molar refractivity (Wildman–Crippen MR) is 191 cm³/mol. The van der Waals surface area contributed by atoms with Crippen LogP contribution in [0.2, 0.25) is 5.02 Å². The summed E-state index contributed by atoms with van der Waals surface area (Å²) in [5, 5.41) is 18.5. The topological polar surface area (TPSA) is 130 Å². The average Bonchev–Trinajstić information content (AvgIpc) is 3.28. The Kier molecular flexibility index (Phi) is 15.1. The average molecular weight is 799 g/mol. The van der Waals surface area contributed by atoms with Gasteiger partial charge in [-0.05, 0) is 65.8 Å². The highest BCUT2D eigenvalue weighted by Gasteiger charge is 2.39. The molecular weight excluding hydrogens is 758 g/mol. The van der Waals surface area contributed by atoms with Gasteiger partial charge in [-0.25, -0.2) is 9.59 Å². The number of nitrogens with one attached hydrogen (secondary N) is 1. The van der Waals surface area contributed by atoms with Crippen molar-refractivity contribution in [1.29, 1.82) is 0 Å². The molecule has 55 heavy (non-hydrogen) atoms. The van der Waals surface area contributed by atoms with Gasteiger partial charge in [0, 0.05) is 55.0 Å². The Morgan fingerprint density at radius 3 is 1.87 bits per heavy atom. The van der Waals surface area contributed by atoms with Crippen LogP contribution in [0.15, 0.2) is 72.8 Å². The number of para-hydroxylation sites is 1. The molecule has 17 heteroatoms. The van der Waals surface area contributed by atoms with E-state index in [1.165, 1.54) is 37.7 Å². The molecule has 2 heterocycles. The molecule has 2 aliphatic heterocycles. The van der Waals surface area contributed by atoms with Gasteiger partial charge < -0.3 is 25.3 Å². The van der Waals surface area contributed by atoms with E-state index in [4.69, 9.17) is 31.4 Å². The minimum absolute atomic E-state index is 0.0276. The van der Waals surface area contributed by atoms with E-state index in [9.17, 15) is 35.9 Å². The van der Waals surface area contributed by atoms with Gasteiger partial charge in [-0.15, -0.1) is 0 Å². The number of amides is 2. The number of carbonyl (C=O) groups excluding carboxylic acids is 2. The third-order valence-corrected chi connectivity index (χ3v) is 9.73. The number of carboxylic acid groups (broad SMARTS) is 2. The highest BCUT2D eigenvalue weighted by molar-refractivity contribution is 6.30. The van der Waals surface area contributed by atoms with Crippen molar-refractivity contribution in [3.8, 4) is 0 Å². The number of anilines is 1. The van der Waals surface area contributed by atoms with Crippen LogP contribution in [-0.2, 0) is 34.0 Å². The number of hydrogen-bond donors (Lipinski definition) is 3. The second-order valence-electron chi connectivity index (χ2n) is 13.3. The van der Waals surface area contributed by atoms with E-state index in [1.54, 1.807) is 29.2 Å². The highest BCUT2D eigenvalue weighted by Crippen LogP contribution is 2.31. The summed E-state index contributed by atoms with van der Waals surface area (Å²) in [6.07, 6.45) is -3.32. The van der Waals surface area contributed by atoms with Crippen molar-refractivity contribution in [1.82, 2.24) is 15.1 Å². The molecule has 0 radical (unpaired) electrons. The van der Waals surface area contributed by atoms with Crippen LogP contribution >= 0.6 is 11.6 Å². The largest absolute Gasteiger partial charge is 0.490 e. The van der Waals surface area contributed by atoms with Gasteiger partial charge in [-0.2, -0.15) is 26.3 Å². The lowest BCUT2D eigenvalue weighted by Gasteiger charge is -2.42. The molecule has 1 aliphatic carbocycles. The molecule has 1 saturated carbocycles. The number of hydrogen-bond acceptors (Lipinski definition) is 6. The number of halogens is 7. The molecule has 0 bridgehead atoms. The van der Waals surface area contributed by atoms with Crippen molar-refractivity contribution in [3.63, 3.8) is 0 Å². The maximum Gasteiger partial charge on any atom is 0.490 e. The first kappa shape index (κ1) is 43.1. The number of nitrogens with zero attached hydrogens (tertiary/aromatic N) is 3. The number of rotatable bonds is 6. The standard InChI is InChI=1S/C34H39ClN4O2.2C2HF3O2/c35-30-16-14-28(15-17-30)34(41)38-23-29-8-4-5-9-31(29)39(33(40)24-38)22-26-12-10-25(11-13-26)21-37-19-18-36-20-32(37)27-6-2-1-3-7-27;2*3-2(4,5)1(6)7/h4-5,8-17,27,32,36H,1-3,6-7,18-24H2;2*(H,6,7). The van der Waals surface area contributed by atoms with Gasteiger partial charge in [0.15, 0.2) is 0 Å². The minimum Gasteiger partial charge on any atom is -0.475 e. The van der Waals surface area contributed by atoms with Crippen molar-refractivity contribution < 1.29 is 55.7 Å². The van der Waals surface area contributed by atoms with Gasteiger partial charge >= 0.3 is 24.3 Å². The lowest BCUT2D eigenvalue weighted by atomic mass is 9.82. The van der Waals surface area contributed by atoms with Crippen molar-refractivity contribution in [2.75, 3.05) is 31.1 Å². The predicted octanol–water partition coefficient (Wildman–Crippen LogP) is 7.15. The maximum atomic E-state index is 13.6. The van der Waals surface area contributed by atoms with E-state index >= 15 is 0 Å². The summed E-state index contributed by atoms with van der Waals surface area (Å²) in [6.45, 7) is 5.08. The van der Waals surface area contributed by atoms with Crippen LogP contribution < -0.4 is 10.2 Å². The number of fused-ring (bicyclic) bond motifs is 1. The zero-order valence-electron chi connectivity index (χ0n) is 29.6. The fourth-order valence-electron chi connectivity index (χ4n) is 6.76. The lowest BCUT2D eigenvalue weighted by molar-refractivity contribution is -0.193. The molecule has 0 aromatic heterocycles. The van der Waals surface area contributed by atoms with E-state index in [2.05, 4.69) is 34.5 Å². The van der Waals surface area contributed by atoms with E-state index in [0.29, 0.717) is 29.7 Å². The van der Waals surface area contributed by atoms with Crippen LogP contribution in [0, 0.1) is 5.92 Å². The summed E-state index contributed by atoms with van der Waals surface area (Å²) >= 11 is 6.02. The Morgan fingerprint density at radius 2 is 1.31 bits per heavy atom. The number of carbonyl (C=O) groups is 4. The van der Waals surface area contributed by atoms with Gasteiger partial charge in [0.2, 0.25) is 5.91 Å². The van der Waals surface area contributed by atoms with E-state index < -0.39 is 24.3 Å². The molecule has 6 rings (SSSR count). The third kappa shape index (κ3) is 12.7.